The largest absolute Gasteiger partial charge is 0.493 e. The molecule has 1 aromatic heterocycles. The lowest BCUT2D eigenvalue weighted by Crippen LogP contribution is -2.19. The molecule has 2 aliphatic carbocycles. The van der Waals surface area contributed by atoms with Crippen LogP contribution in [0.4, 0.5) is 5.82 Å². The normalized spacial score (nSPS) is 16.6. The molecule has 0 radical (unpaired) electrons. The highest BCUT2D eigenvalue weighted by Gasteiger charge is 2.35. The summed E-state index contributed by atoms with van der Waals surface area (Å²) in [6, 6.07) is 14.0. The van der Waals surface area contributed by atoms with Gasteiger partial charge >= 0.3 is 0 Å². The highest BCUT2D eigenvalue weighted by molar-refractivity contribution is 7.92. The zero-order valence-electron chi connectivity index (χ0n) is 22.5. The quantitative estimate of drug-likeness (QED) is 0.318. The summed E-state index contributed by atoms with van der Waals surface area (Å²) in [6.45, 7) is 8.26. The van der Waals surface area contributed by atoms with Crippen LogP contribution in [0.5, 0.6) is 23.1 Å². The lowest BCUT2D eigenvalue weighted by atomic mass is 9.87. The van der Waals surface area contributed by atoms with Crippen LogP contribution in [0.1, 0.15) is 70.7 Å². The first kappa shape index (κ1) is 26.3. The van der Waals surface area contributed by atoms with Gasteiger partial charge in [0, 0.05) is 5.92 Å². The van der Waals surface area contributed by atoms with Crippen LogP contribution in [0.15, 0.2) is 53.4 Å². The molecule has 38 heavy (non-hydrogen) atoms. The molecule has 9 heteroatoms. The van der Waals surface area contributed by atoms with Crippen molar-refractivity contribution in [1.29, 1.82) is 0 Å². The third-order valence-corrected chi connectivity index (χ3v) is 8.28. The fraction of sp³-hybridized carbons (Fsp3) is 0.448. The van der Waals surface area contributed by atoms with E-state index in [0.29, 0.717) is 23.2 Å². The Balaban J connectivity index is 1.57. The topological polar surface area (TPSA) is 99.6 Å². The van der Waals surface area contributed by atoms with Gasteiger partial charge in [0.1, 0.15) is 11.9 Å². The van der Waals surface area contributed by atoms with Crippen molar-refractivity contribution in [3.05, 3.63) is 59.9 Å². The van der Waals surface area contributed by atoms with Gasteiger partial charge in [-0.15, -0.1) is 0 Å². The summed E-state index contributed by atoms with van der Waals surface area (Å²) in [7, 11) is -2.44. The van der Waals surface area contributed by atoms with Crippen molar-refractivity contribution >= 4 is 15.8 Å². The highest BCUT2D eigenvalue weighted by Crippen LogP contribution is 2.46. The molecule has 3 aromatic rings. The van der Waals surface area contributed by atoms with Crippen molar-refractivity contribution in [1.82, 2.24) is 9.97 Å². The molecule has 0 saturated heterocycles. The summed E-state index contributed by atoms with van der Waals surface area (Å²) in [4.78, 5) is 9.47. The van der Waals surface area contributed by atoms with Crippen LogP contribution in [0.25, 0.3) is 0 Å². The zero-order valence-corrected chi connectivity index (χ0v) is 23.3. The number of hydrogen-bond donors (Lipinski definition) is 1. The SMILES string of the molecule is COc1ccccc1Oc1c(NS(=O)(=O)c2ccc(C(C)(C)C)cc2)nc(C2CC2)nc1OC(C)C1CC1. The van der Waals surface area contributed by atoms with Gasteiger partial charge in [-0.25, -0.2) is 13.4 Å². The van der Waals surface area contributed by atoms with Crippen LogP contribution >= 0.6 is 0 Å². The van der Waals surface area contributed by atoms with Crippen LogP contribution in [-0.4, -0.2) is 31.6 Å². The number of methoxy groups -OCH3 is 1. The summed E-state index contributed by atoms with van der Waals surface area (Å²) in [5.74, 6) is 2.44. The van der Waals surface area contributed by atoms with Crippen molar-refractivity contribution in [3.63, 3.8) is 0 Å². The Morgan fingerprint density at radius 1 is 0.947 bits per heavy atom. The predicted molar refractivity (Wildman–Crippen MR) is 146 cm³/mol. The maximum atomic E-state index is 13.5. The van der Waals surface area contributed by atoms with E-state index in [9.17, 15) is 8.42 Å². The number of aromatic nitrogens is 2. The van der Waals surface area contributed by atoms with Gasteiger partial charge in [-0.2, -0.15) is 4.98 Å². The van der Waals surface area contributed by atoms with Gasteiger partial charge in [0.05, 0.1) is 12.0 Å². The van der Waals surface area contributed by atoms with Crippen LogP contribution in [-0.2, 0) is 15.4 Å². The fourth-order valence-electron chi connectivity index (χ4n) is 4.18. The molecule has 1 N–H and O–H groups in total. The Bertz CT molecular complexity index is 1410. The molecule has 8 nitrogen and oxygen atoms in total. The minimum atomic E-state index is -3.98. The maximum Gasteiger partial charge on any atom is 0.263 e. The van der Waals surface area contributed by atoms with Crippen molar-refractivity contribution in [3.8, 4) is 23.1 Å². The van der Waals surface area contributed by atoms with E-state index < -0.39 is 10.0 Å². The molecule has 2 aliphatic rings. The van der Waals surface area contributed by atoms with Crippen molar-refractivity contribution < 1.29 is 22.6 Å². The maximum absolute atomic E-state index is 13.5. The van der Waals surface area contributed by atoms with Gasteiger partial charge in [0.25, 0.3) is 15.9 Å². The molecule has 202 valence electrons. The predicted octanol–water partition coefficient (Wildman–Crippen LogP) is 6.43. The van der Waals surface area contributed by atoms with Crippen molar-refractivity contribution in [2.75, 3.05) is 11.8 Å². The molecular weight excluding hydrogens is 502 g/mol. The lowest BCUT2D eigenvalue weighted by Gasteiger charge is -2.21. The molecule has 0 amide bonds. The number of rotatable bonds is 10. The average Bonchev–Trinajstić information content (AvgIpc) is 3.78. The summed E-state index contributed by atoms with van der Waals surface area (Å²) < 4.78 is 47.8. The summed E-state index contributed by atoms with van der Waals surface area (Å²) in [5.41, 5.74) is 0.946. The van der Waals surface area contributed by atoms with Gasteiger partial charge < -0.3 is 14.2 Å². The standard InChI is InChI=1S/C29H35N3O5S/c1-18(19-10-11-19)36-28-25(37-24-9-7-6-8-23(24)35-5)27(30-26(31-28)20-12-13-20)32-38(33,34)22-16-14-21(15-17-22)29(2,3)4/h6-9,14-20H,10-13H2,1-5H3,(H,30,31,32). The Hall–Kier alpha value is -3.33. The monoisotopic (exact) mass is 537 g/mol. The van der Waals surface area contributed by atoms with Gasteiger partial charge in [-0.1, -0.05) is 45.0 Å². The number of sulfonamides is 1. The Morgan fingerprint density at radius 2 is 1.61 bits per heavy atom. The molecule has 0 bridgehead atoms. The van der Waals surface area contributed by atoms with E-state index in [1.165, 1.54) is 0 Å². The molecule has 1 heterocycles. The van der Waals surface area contributed by atoms with E-state index in [-0.39, 0.29) is 39.8 Å². The Labute approximate surface area is 224 Å². The minimum absolute atomic E-state index is 0.0469. The molecule has 1 atom stereocenters. The molecular formula is C29H35N3O5S. The van der Waals surface area contributed by atoms with E-state index in [4.69, 9.17) is 19.2 Å². The second kappa shape index (κ2) is 10.1. The number of nitrogens with zero attached hydrogens (tertiary/aromatic N) is 2. The van der Waals surface area contributed by atoms with Gasteiger partial charge in [-0.3, -0.25) is 4.72 Å². The third kappa shape index (κ3) is 5.88. The second-order valence-corrected chi connectivity index (χ2v) is 12.8. The molecule has 0 aliphatic heterocycles. The first-order chi connectivity index (χ1) is 18.0. The highest BCUT2D eigenvalue weighted by atomic mass is 32.2. The first-order valence-corrected chi connectivity index (χ1v) is 14.6. The summed E-state index contributed by atoms with van der Waals surface area (Å²) in [5, 5.41) is 0. The molecule has 2 saturated carbocycles. The third-order valence-electron chi connectivity index (χ3n) is 6.92. The van der Waals surface area contributed by atoms with E-state index in [1.807, 2.05) is 31.2 Å². The molecule has 2 aromatic carbocycles. The van der Waals surface area contributed by atoms with E-state index in [1.54, 1.807) is 31.4 Å². The number of anilines is 1. The first-order valence-electron chi connectivity index (χ1n) is 13.1. The number of hydrogen-bond acceptors (Lipinski definition) is 7. The fourth-order valence-corrected chi connectivity index (χ4v) is 5.19. The van der Waals surface area contributed by atoms with Crippen molar-refractivity contribution in [2.45, 2.75) is 75.7 Å². The molecule has 2 fully saturated rings. The van der Waals surface area contributed by atoms with E-state index in [2.05, 4.69) is 30.5 Å². The number of ether oxygens (including phenoxy) is 3. The zero-order chi connectivity index (χ0) is 27.1. The summed E-state index contributed by atoms with van der Waals surface area (Å²) in [6.07, 6.45) is 3.99. The number of nitrogens with one attached hydrogen (secondary N) is 1. The molecule has 1 unspecified atom stereocenters. The Kier molecular flexibility index (Phi) is 6.98. The van der Waals surface area contributed by atoms with Crippen LogP contribution in [0, 0.1) is 5.92 Å². The van der Waals surface area contributed by atoms with Crippen LogP contribution in [0.2, 0.25) is 0 Å². The Morgan fingerprint density at radius 3 is 2.18 bits per heavy atom. The van der Waals surface area contributed by atoms with Crippen LogP contribution < -0.4 is 18.9 Å². The van der Waals surface area contributed by atoms with Gasteiger partial charge in [-0.05, 0) is 73.8 Å². The average molecular weight is 538 g/mol. The van der Waals surface area contributed by atoms with E-state index >= 15 is 0 Å². The molecule has 0 spiro atoms. The number of benzene rings is 2. The number of para-hydroxylation sites is 2. The van der Waals surface area contributed by atoms with Gasteiger partial charge in [0.2, 0.25) is 5.75 Å². The second-order valence-electron chi connectivity index (χ2n) is 11.1. The van der Waals surface area contributed by atoms with E-state index in [0.717, 1.165) is 31.2 Å². The smallest absolute Gasteiger partial charge is 0.263 e. The van der Waals surface area contributed by atoms with Gasteiger partial charge in [0.15, 0.2) is 17.3 Å². The van der Waals surface area contributed by atoms with Crippen molar-refractivity contribution in [2.24, 2.45) is 5.92 Å². The molecule has 5 rings (SSSR count). The van der Waals surface area contributed by atoms with Crippen LogP contribution in [0.3, 0.4) is 0 Å². The summed E-state index contributed by atoms with van der Waals surface area (Å²) >= 11 is 0. The lowest BCUT2D eigenvalue weighted by molar-refractivity contribution is 0.182. The minimum Gasteiger partial charge on any atom is -0.493 e.